The van der Waals surface area contributed by atoms with E-state index in [2.05, 4.69) is 9.97 Å². The van der Waals surface area contributed by atoms with Crippen LogP contribution in [0.15, 0.2) is 30.5 Å². The highest BCUT2D eigenvalue weighted by Gasteiger charge is 2.32. The van der Waals surface area contributed by atoms with E-state index in [0.717, 1.165) is 12.3 Å². The summed E-state index contributed by atoms with van der Waals surface area (Å²) in [7, 11) is 1.54. The molecule has 0 aliphatic carbocycles. The Morgan fingerprint density at radius 1 is 1.14 bits per heavy atom. The van der Waals surface area contributed by atoms with Crippen molar-refractivity contribution in [3.63, 3.8) is 0 Å². The second kappa shape index (κ2) is 6.93. The maximum Gasteiger partial charge on any atom is 0.433 e. The molecule has 0 spiro atoms. The molecule has 2 rings (SSSR count). The minimum Gasteiger partial charge on any atom is -0.475 e. The van der Waals surface area contributed by atoms with Gasteiger partial charge in [0.05, 0.1) is 6.61 Å². The van der Waals surface area contributed by atoms with Gasteiger partial charge in [0.1, 0.15) is 17.5 Å². The average Bonchev–Trinajstić information content (AvgIpc) is 2.46. The number of ether oxygens (including phenoxy) is 2. The maximum atomic E-state index is 12.5. The summed E-state index contributed by atoms with van der Waals surface area (Å²) < 4.78 is 47.7. The average molecular weight is 333 g/mol. The van der Waals surface area contributed by atoms with Crippen LogP contribution in [-0.4, -0.2) is 30.3 Å². The van der Waals surface area contributed by atoms with Gasteiger partial charge in [-0.15, -0.1) is 0 Å². The molecule has 0 saturated carbocycles. The lowest BCUT2D eigenvalue weighted by atomic mass is 10.1. The molecular weight excluding hydrogens is 321 g/mol. The van der Waals surface area contributed by atoms with Gasteiger partial charge in [-0.1, -0.05) is 17.7 Å². The topological polar surface area (TPSA) is 44.2 Å². The van der Waals surface area contributed by atoms with E-state index in [4.69, 9.17) is 21.1 Å². The third-order valence-corrected chi connectivity index (χ3v) is 2.89. The van der Waals surface area contributed by atoms with Crippen molar-refractivity contribution in [1.29, 1.82) is 0 Å². The van der Waals surface area contributed by atoms with Crippen LogP contribution in [0.1, 0.15) is 5.69 Å². The van der Waals surface area contributed by atoms with E-state index in [0.29, 0.717) is 17.7 Å². The summed E-state index contributed by atoms with van der Waals surface area (Å²) in [5.41, 5.74) is 0.0931. The van der Waals surface area contributed by atoms with Crippen LogP contribution in [-0.2, 0) is 10.9 Å². The third-order valence-electron chi connectivity index (χ3n) is 2.70. The molecule has 4 nitrogen and oxygen atoms in total. The zero-order valence-corrected chi connectivity index (χ0v) is 12.3. The second-order valence-corrected chi connectivity index (χ2v) is 4.68. The van der Waals surface area contributed by atoms with Crippen LogP contribution in [0.25, 0.3) is 11.1 Å². The SMILES string of the molecule is COCCOc1cc(-c2ccc(C(F)(F)F)nc2)cc(Cl)n1. The van der Waals surface area contributed by atoms with E-state index in [1.807, 2.05) is 0 Å². The molecule has 0 N–H and O–H groups in total. The van der Waals surface area contributed by atoms with Gasteiger partial charge >= 0.3 is 6.18 Å². The van der Waals surface area contributed by atoms with Gasteiger partial charge in [0.2, 0.25) is 5.88 Å². The van der Waals surface area contributed by atoms with Crippen molar-refractivity contribution in [2.45, 2.75) is 6.18 Å². The standard InChI is InChI=1S/C14H12ClF3N2O2/c1-21-4-5-22-13-7-10(6-12(15)20-13)9-2-3-11(19-8-9)14(16,17)18/h2-3,6-8H,4-5H2,1H3. The van der Waals surface area contributed by atoms with Crippen LogP contribution in [0.2, 0.25) is 5.15 Å². The molecule has 0 amide bonds. The van der Waals surface area contributed by atoms with Gasteiger partial charge in [0, 0.05) is 24.9 Å². The second-order valence-electron chi connectivity index (χ2n) is 4.29. The summed E-state index contributed by atoms with van der Waals surface area (Å²) in [6.45, 7) is 0.667. The van der Waals surface area contributed by atoms with E-state index < -0.39 is 11.9 Å². The Kier molecular flexibility index (Phi) is 5.20. The summed E-state index contributed by atoms with van der Waals surface area (Å²) in [6, 6.07) is 5.33. The number of pyridine rings is 2. The van der Waals surface area contributed by atoms with Crippen molar-refractivity contribution in [3.05, 3.63) is 41.3 Å². The molecule has 0 aliphatic heterocycles. The van der Waals surface area contributed by atoms with Crippen molar-refractivity contribution < 1.29 is 22.6 Å². The van der Waals surface area contributed by atoms with E-state index in [9.17, 15) is 13.2 Å². The fraction of sp³-hybridized carbons (Fsp3) is 0.286. The van der Waals surface area contributed by atoms with E-state index in [-0.39, 0.29) is 17.6 Å². The predicted octanol–water partition coefficient (Wildman–Crippen LogP) is 3.84. The van der Waals surface area contributed by atoms with Crippen LogP contribution in [0.3, 0.4) is 0 Å². The number of aromatic nitrogens is 2. The minimum atomic E-state index is -4.47. The van der Waals surface area contributed by atoms with Gasteiger partial charge in [-0.25, -0.2) is 4.98 Å². The molecule has 0 fully saturated rings. The quantitative estimate of drug-likeness (QED) is 0.616. The smallest absolute Gasteiger partial charge is 0.433 e. The largest absolute Gasteiger partial charge is 0.475 e. The molecule has 0 aromatic carbocycles. The van der Waals surface area contributed by atoms with Crippen molar-refractivity contribution >= 4 is 11.6 Å². The molecule has 8 heteroatoms. The fourth-order valence-electron chi connectivity index (χ4n) is 1.68. The number of rotatable bonds is 5. The molecular formula is C14H12ClF3N2O2. The Balaban J connectivity index is 2.24. The molecule has 2 aromatic rings. The molecule has 22 heavy (non-hydrogen) atoms. The molecule has 0 bridgehead atoms. The van der Waals surface area contributed by atoms with Gasteiger partial charge in [-0.05, 0) is 17.7 Å². The normalized spacial score (nSPS) is 11.5. The first kappa shape index (κ1) is 16.5. The van der Waals surface area contributed by atoms with Gasteiger partial charge in [-0.3, -0.25) is 4.98 Å². The monoisotopic (exact) mass is 332 g/mol. The van der Waals surface area contributed by atoms with Gasteiger partial charge in [0.15, 0.2) is 0 Å². The number of methoxy groups -OCH3 is 1. The first-order valence-corrected chi connectivity index (χ1v) is 6.61. The molecule has 0 atom stereocenters. The lowest BCUT2D eigenvalue weighted by Crippen LogP contribution is -2.07. The first-order chi connectivity index (χ1) is 10.4. The highest BCUT2D eigenvalue weighted by molar-refractivity contribution is 6.29. The predicted molar refractivity (Wildman–Crippen MR) is 74.9 cm³/mol. The van der Waals surface area contributed by atoms with E-state index in [1.54, 1.807) is 6.07 Å². The number of nitrogens with zero attached hydrogens (tertiary/aromatic N) is 2. The highest BCUT2D eigenvalue weighted by atomic mass is 35.5. The minimum absolute atomic E-state index is 0.171. The molecule has 118 valence electrons. The first-order valence-electron chi connectivity index (χ1n) is 6.23. The van der Waals surface area contributed by atoms with Crippen LogP contribution in [0.4, 0.5) is 13.2 Å². The molecule has 0 saturated heterocycles. The van der Waals surface area contributed by atoms with Crippen LogP contribution >= 0.6 is 11.6 Å². The van der Waals surface area contributed by atoms with Crippen molar-refractivity contribution in [2.24, 2.45) is 0 Å². The zero-order valence-electron chi connectivity index (χ0n) is 11.5. The summed E-state index contributed by atoms with van der Waals surface area (Å²) in [5, 5.41) is 0.171. The highest BCUT2D eigenvalue weighted by Crippen LogP contribution is 2.30. The zero-order chi connectivity index (χ0) is 16.2. The molecule has 0 radical (unpaired) electrons. The Morgan fingerprint density at radius 3 is 2.50 bits per heavy atom. The Bertz CT molecular complexity index is 633. The van der Waals surface area contributed by atoms with Crippen molar-refractivity contribution in [3.8, 4) is 17.0 Å². The van der Waals surface area contributed by atoms with Crippen molar-refractivity contribution in [2.75, 3.05) is 20.3 Å². The van der Waals surface area contributed by atoms with Gasteiger partial charge in [-0.2, -0.15) is 13.2 Å². The molecule has 2 aromatic heterocycles. The third kappa shape index (κ3) is 4.32. The van der Waals surface area contributed by atoms with E-state index >= 15 is 0 Å². The Hall–Kier alpha value is -1.86. The van der Waals surface area contributed by atoms with Crippen molar-refractivity contribution in [1.82, 2.24) is 9.97 Å². The summed E-state index contributed by atoms with van der Waals surface area (Å²) in [5.74, 6) is 0.263. The van der Waals surface area contributed by atoms with E-state index in [1.165, 1.54) is 19.2 Å². The summed E-state index contributed by atoms with van der Waals surface area (Å²) in [4.78, 5) is 7.39. The number of alkyl halides is 3. The number of halogens is 4. The molecule has 0 aliphatic rings. The fourth-order valence-corrected chi connectivity index (χ4v) is 1.88. The van der Waals surface area contributed by atoms with Crippen LogP contribution in [0.5, 0.6) is 5.88 Å². The molecule has 0 unspecified atom stereocenters. The Morgan fingerprint density at radius 2 is 1.91 bits per heavy atom. The van der Waals surface area contributed by atoms with Gasteiger partial charge < -0.3 is 9.47 Å². The van der Waals surface area contributed by atoms with Crippen LogP contribution in [0, 0.1) is 0 Å². The van der Waals surface area contributed by atoms with Crippen LogP contribution < -0.4 is 4.74 Å². The summed E-state index contributed by atoms with van der Waals surface area (Å²) >= 11 is 5.89. The van der Waals surface area contributed by atoms with Gasteiger partial charge in [0.25, 0.3) is 0 Å². The number of hydrogen-bond donors (Lipinski definition) is 0. The summed E-state index contributed by atoms with van der Waals surface area (Å²) in [6.07, 6.45) is -3.34. The Labute approximate surface area is 129 Å². The lowest BCUT2D eigenvalue weighted by molar-refractivity contribution is -0.141. The maximum absolute atomic E-state index is 12.5. The molecule has 2 heterocycles. The number of hydrogen-bond acceptors (Lipinski definition) is 4. The lowest BCUT2D eigenvalue weighted by Gasteiger charge is -2.09.